The van der Waals surface area contributed by atoms with Gasteiger partial charge in [-0.05, 0) is 48.0 Å². The van der Waals surface area contributed by atoms with Gasteiger partial charge in [-0.2, -0.15) is 0 Å². The van der Waals surface area contributed by atoms with E-state index in [2.05, 4.69) is 40.3 Å². The van der Waals surface area contributed by atoms with E-state index in [1.807, 2.05) is 7.05 Å². The van der Waals surface area contributed by atoms with Gasteiger partial charge in [-0.3, -0.25) is 0 Å². The average molecular weight is 292 g/mol. The van der Waals surface area contributed by atoms with Gasteiger partial charge in [0.25, 0.3) is 0 Å². The van der Waals surface area contributed by atoms with Gasteiger partial charge in [0.2, 0.25) is 0 Å². The molecule has 2 nitrogen and oxygen atoms in total. The van der Waals surface area contributed by atoms with Crippen LogP contribution >= 0.6 is 27.3 Å². The van der Waals surface area contributed by atoms with Crippen molar-refractivity contribution in [3.05, 3.63) is 20.8 Å². The molecule has 86 valence electrons. The van der Waals surface area contributed by atoms with Gasteiger partial charge in [0.1, 0.15) is 0 Å². The molecule has 0 aliphatic rings. The highest BCUT2D eigenvalue weighted by molar-refractivity contribution is 9.11. The highest BCUT2D eigenvalue weighted by Crippen LogP contribution is 2.24. The first kappa shape index (κ1) is 13.2. The Morgan fingerprint density at radius 3 is 2.67 bits per heavy atom. The summed E-state index contributed by atoms with van der Waals surface area (Å²) < 4.78 is 6.65. The number of rotatable bonds is 6. The minimum atomic E-state index is 0.288. The Labute approximate surface area is 104 Å². The van der Waals surface area contributed by atoms with Gasteiger partial charge in [-0.1, -0.05) is 6.92 Å². The molecular formula is C11H18BrNOS. The standard InChI is InChI=1S/C11H18BrNOS/c1-4-10(14-3)9(13-2)7-8-5-6-11(12)15-8/h5-6,9-10,13H,4,7H2,1-3H3. The van der Waals surface area contributed by atoms with Crippen molar-refractivity contribution in [1.29, 1.82) is 0 Å². The Balaban J connectivity index is 2.60. The van der Waals surface area contributed by atoms with Gasteiger partial charge in [-0.15, -0.1) is 11.3 Å². The van der Waals surface area contributed by atoms with Crippen LogP contribution in [-0.2, 0) is 11.2 Å². The summed E-state index contributed by atoms with van der Waals surface area (Å²) in [6.45, 7) is 2.16. The molecular weight excluding hydrogens is 274 g/mol. The molecule has 1 aromatic heterocycles. The largest absolute Gasteiger partial charge is 0.380 e. The lowest BCUT2D eigenvalue weighted by molar-refractivity contribution is 0.0680. The Morgan fingerprint density at radius 1 is 1.53 bits per heavy atom. The van der Waals surface area contributed by atoms with Crippen LogP contribution in [0.4, 0.5) is 0 Å². The summed E-state index contributed by atoms with van der Waals surface area (Å²) in [5.74, 6) is 0. The Hall–Kier alpha value is 0.1000. The molecule has 0 bridgehead atoms. The summed E-state index contributed by atoms with van der Waals surface area (Å²) in [4.78, 5) is 1.39. The molecule has 0 saturated heterocycles. The molecule has 2 unspecified atom stereocenters. The van der Waals surface area contributed by atoms with Crippen molar-refractivity contribution >= 4 is 27.3 Å². The van der Waals surface area contributed by atoms with E-state index in [1.165, 1.54) is 8.66 Å². The zero-order chi connectivity index (χ0) is 11.3. The van der Waals surface area contributed by atoms with Crippen molar-refractivity contribution in [2.24, 2.45) is 0 Å². The van der Waals surface area contributed by atoms with Gasteiger partial charge in [0, 0.05) is 18.0 Å². The number of thiophene rings is 1. The third-order valence-electron chi connectivity index (χ3n) is 2.57. The lowest BCUT2D eigenvalue weighted by Crippen LogP contribution is -2.40. The zero-order valence-electron chi connectivity index (χ0n) is 9.42. The van der Waals surface area contributed by atoms with Gasteiger partial charge < -0.3 is 10.1 Å². The quantitative estimate of drug-likeness (QED) is 0.870. The van der Waals surface area contributed by atoms with Gasteiger partial charge >= 0.3 is 0 Å². The molecule has 0 aliphatic carbocycles. The maximum Gasteiger partial charge on any atom is 0.0725 e. The molecule has 0 amide bonds. The monoisotopic (exact) mass is 291 g/mol. The lowest BCUT2D eigenvalue weighted by atomic mass is 10.0. The van der Waals surface area contributed by atoms with Gasteiger partial charge in [0.05, 0.1) is 9.89 Å². The maximum atomic E-state index is 5.46. The van der Waals surface area contributed by atoms with Crippen molar-refractivity contribution in [2.75, 3.05) is 14.2 Å². The number of halogens is 1. The topological polar surface area (TPSA) is 21.3 Å². The minimum absolute atomic E-state index is 0.288. The van der Waals surface area contributed by atoms with Crippen LogP contribution < -0.4 is 5.32 Å². The predicted octanol–water partition coefficient (Wildman–Crippen LogP) is 3.07. The van der Waals surface area contributed by atoms with Crippen LogP contribution in [-0.4, -0.2) is 26.3 Å². The molecule has 1 N–H and O–H groups in total. The Bertz CT molecular complexity index is 286. The second kappa shape index (κ2) is 6.63. The first-order chi connectivity index (χ1) is 7.21. The van der Waals surface area contributed by atoms with E-state index in [-0.39, 0.29) is 6.10 Å². The van der Waals surface area contributed by atoms with Crippen molar-refractivity contribution in [1.82, 2.24) is 5.32 Å². The van der Waals surface area contributed by atoms with Crippen LogP contribution in [0.3, 0.4) is 0 Å². The Kier molecular flexibility index (Phi) is 5.82. The third kappa shape index (κ3) is 3.87. The molecule has 0 fully saturated rings. The van der Waals surface area contributed by atoms with Crippen molar-refractivity contribution in [3.63, 3.8) is 0 Å². The number of methoxy groups -OCH3 is 1. The van der Waals surface area contributed by atoms with Gasteiger partial charge in [-0.25, -0.2) is 0 Å². The van der Waals surface area contributed by atoms with E-state index in [4.69, 9.17) is 4.74 Å². The molecule has 15 heavy (non-hydrogen) atoms. The molecule has 1 aromatic rings. The van der Waals surface area contributed by atoms with Crippen molar-refractivity contribution in [3.8, 4) is 0 Å². The van der Waals surface area contributed by atoms with Crippen LogP contribution in [0.1, 0.15) is 18.2 Å². The number of hydrogen-bond acceptors (Lipinski definition) is 3. The molecule has 0 aliphatic heterocycles. The summed E-state index contributed by atoms with van der Waals surface area (Å²) in [7, 11) is 3.78. The summed E-state index contributed by atoms with van der Waals surface area (Å²) in [5, 5.41) is 3.33. The number of likely N-dealkylation sites (N-methyl/N-ethyl adjacent to an activating group) is 1. The van der Waals surface area contributed by atoms with E-state index in [0.29, 0.717) is 6.04 Å². The first-order valence-electron chi connectivity index (χ1n) is 5.15. The second-order valence-electron chi connectivity index (χ2n) is 3.49. The van der Waals surface area contributed by atoms with Crippen LogP contribution in [0.5, 0.6) is 0 Å². The van der Waals surface area contributed by atoms with E-state index < -0.39 is 0 Å². The van der Waals surface area contributed by atoms with Crippen molar-refractivity contribution < 1.29 is 4.74 Å². The van der Waals surface area contributed by atoms with E-state index >= 15 is 0 Å². The van der Waals surface area contributed by atoms with Gasteiger partial charge in [0.15, 0.2) is 0 Å². The Morgan fingerprint density at radius 2 is 2.27 bits per heavy atom. The van der Waals surface area contributed by atoms with Crippen LogP contribution in [0, 0.1) is 0 Å². The molecule has 0 radical (unpaired) electrons. The number of hydrogen-bond donors (Lipinski definition) is 1. The predicted molar refractivity (Wildman–Crippen MR) is 69.7 cm³/mol. The summed E-state index contributed by atoms with van der Waals surface area (Å²) in [5.41, 5.74) is 0. The van der Waals surface area contributed by atoms with Crippen molar-refractivity contribution in [2.45, 2.75) is 31.9 Å². The highest BCUT2D eigenvalue weighted by Gasteiger charge is 2.18. The van der Waals surface area contributed by atoms with Crippen LogP contribution in [0.2, 0.25) is 0 Å². The molecule has 0 aromatic carbocycles. The summed E-state index contributed by atoms with van der Waals surface area (Å²) in [6.07, 6.45) is 2.35. The molecule has 1 rings (SSSR count). The molecule has 4 heteroatoms. The summed E-state index contributed by atoms with van der Waals surface area (Å²) >= 11 is 5.27. The van der Waals surface area contributed by atoms with Crippen LogP contribution in [0.15, 0.2) is 15.9 Å². The smallest absolute Gasteiger partial charge is 0.0725 e. The maximum absolute atomic E-state index is 5.46. The number of ether oxygens (including phenoxy) is 1. The number of nitrogens with one attached hydrogen (secondary N) is 1. The minimum Gasteiger partial charge on any atom is -0.380 e. The highest BCUT2D eigenvalue weighted by atomic mass is 79.9. The molecule has 1 heterocycles. The van der Waals surface area contributed by atoms with Crippen LogP contribution in [0.25, 0.3) is 0 Å². The lowest BCUT2D eigenvalue weighted by Gasteiger charge is -2.24. The van der Waals surface area contributed by atoms with E-state index in [0.717, 1.165) is 12.8 Å². The normalized spacial score (nSPS) is 15.2. The fourth-order valence-corrected chi connectivity index (χ4v) is 3.25. The molecule has 0 saturated carbocycles. The third-order valence-corrected chi connectivity index (χ3v) is 4.22. The van der Waals surface area contributed by atoms with E-state index in [1.54, 1.807) is 18.4 Å². The zero-order valence-corrected chi connectivity index (χ0v) is 11.8. The molecule has 2 atom stereocenters. The SMILES string of the molecule is CCC(OC)C(Cc1ccc(Br)s1)NC. The van der Waals surface area contributed by atoms with E-state index in [9.17, 15) is 0 Å². The fourth-order valence-electron chi connectivity index (χ4n) is 1.71. The summed E-state index contributed by atoms with van der Waals surface area (Å²) in [6, 6.07) is 4.66. The first-order valence-corrected chi connectivity index (χ1v) is 6.76. The fraction of sp³-hybridized carbons (Fsp3) is 0.636. The average Bonchev–Trinajstić information content (AvgIpc) is 2.64. The molecule has 0 spiro atoms. The second-order valence-corrected chi connectivity index (χ2v) is 6.04.